The van der Waals surface area contributed by atoms with Crippen LogP contribution in [0.1, 0.15) is 25.0 Å². The van der Waals surface area contributed by atoms with Crippen molar-refractivity contribution in [3.05, 3.63) is 90.0 Å². The van der Waals surface area contributed by atoms with Gasteiger partial charge in [0.1, 0.15) is 11.5 Å². The van der Waals surface area contributed by atoms with Crippen LogP contribution in [0.15, 0.2) is 83.8 Å². The van der Waals surface area contributed by atoms with Gasteiger partial charge in [-0.25, -0.2) is 4.79 Å². The van der Waals surface area contributed by atoms with Gasteiger partial charge in [-0.15, -0.1) is 11.8 Å². The molecule has 0 saturated carbocycles. The summed E-state index contributed by atoms with van der Waals surface area (Å²) in [4.78, 5) is 13.1. The molecule has 3 rings (SSSR count). The molecule has 138 valence electrons. The van der Waals surface area contributed by atoms with E-state index in [0.29, 0.717) is 11.5 Å². The van der Waals surface area contributed by atoms with Crippen molar-refractivity contribution in [3.8, 4) is 11.5 Å². The molecule has 0 bridgehead atoms. The molecule has 0 spiro atoms. The number of carbonyl (C=O) groups excluding carboxylic acids is 1. The molecule has 3 aromatic carbocycles. The zero-order chi connectivity index (χ0) is 19.3. The summed E-state index contributed by atoms with van der Waals surface area (Å²) in [5.74, 6) is 0.910. The lowest BCUT2D eigenvalue weighted by Crippen LogP contribution is -2.19. The molecule has 0 fully saturated rings. The van der Waals surface area contributed by atoms with Gasteiger partial charge < -0.3 is 9.47 Å². The predicted octanol–water partition coefficient (Wildman–Crippen LogP) is 6.31. The molecule has 0 aliphatic carbocycles. The van der Waals surface area contributed by atoms with Gasteiger partial charge in [-0.3, -0.25) is 0 Å². The van der Waals surface area contributed by atoms with Crippen LogP contribution in [0.5, 0.6) is 11.5 Å². The molecule has 0 aromatic heterocycles. The molecule has 4 heteroatoms. The van der Waals surface area contributed by atoms with Crippen LogP contribution in [0.25, 0.3) is 0 Å². The van der Waals surface area contributed by atoms with Crippen molar-refractivity contribution in [2.24, 2.45) is 0 Å². The minimum absolute atomic E-state index is 0.140. The van der Waals surface area contributed by atoms with E-state index >= 15 is 0 Å². The first kappa shape index (κ1) is 19.1. The lowest BCUT2D eigenvalue weighted by atomic mass is 9.78. The van der Waals surface area contributed by atoms with Crippen molar-refractivity contribution in [1.29, 1.82) is 0 Å². The largest absolute Gasteiger partial charge is 0.519 e. The van der Waals surface area contributed by atoms with Crippen molar-refractivity contribution in [2.45, 2.75) is 24.2 Å². The standard InChI is InChI=1S/C23H22O3S/c1-23(2,17-7-5-4-6-8-17)18-9-11-19(12-10-18)25-22(24)26-20-13-15-21(27-3)16-14-20/h4-16H,1-3H3. The number of thioether (sulfide) groups is 1. The molecule has 0 saturated heterocycles. The van der Waals surface area contributed by atoms with Crippen LogP contribution >= 0.6 is 11.8 Å². The van der Waals surface area contributed by atoms with Gasteiger partial charge in [-0.2, -0.15) is 0 Å². The van der Waals surface area contributed by atoms with E-state index in [4.69, 9.17) is 9.47 Å². The molecule has 3 aromatic rings. The maximum absolute atomic E-state index is 12.0. The summed E-state index contributed by atoms with van der Waals surface area (Å²) < 4.78 is 10.5. The van der Waals surface area contributed by atoms with Crippen molar-refractivity contribution in [1.82, 2.24) is 0 Å². The zero-order valence-electron chi connectivity index (χ0n) is 15.6. The summed E-state index contributed by atoms with van der Waals surface area (Å²) in [6.45, 7) is 4.34. The first-order valence-corrected chi connectivity index (χ1v) is 9.91. The summed E-state index contributed by atoms with van der Waals surface area (Å²) in [6.07, 6.45) is 1.24. The highest BCUT2D eigenvalue weighted by atomic mass is 32.2. The highest BCUT2D eigenvalue weighted by Gasteiger charge is 2.22. The molecule has 0 unspecified atom stereocenters. The Labute approximate surface area is 164 Å². The molecule has 0 aliphatic rings. The van der Waals surface area contributed by atoms with Crippen LogP contribution in [0.2, 0.25) is 0 Å². The fraction of sp³-hybridized carbons (Fsp3) is 0.174. The second kappa shape index (κ2) is 8.31. The van der Waals surface area contributed by atoms with Crippen molar-refractivity contribution < 1.29 is 14.3 Å². The Bertz CT molecular complexity index is 885. The van der Waals surface area contributed by atoms with Crippen molar-refractivity contribution in [3.63, 3.8) is 0 Å². The monoisotopic (exact) mass is 378 g/mol. The summed E-state index contributed by atoms with van der Waals surface area (Å²) in [6, 6.07) is 25.1. The molecule has 0 aliphatic heterocycles. The molecule has 0 N–H and O–H groups in total. The van der Waals surface area contributed by atoms with Gasteiger partial charge in [0.15, 0.2) is 0 Å². The van der Waals surface area contributed by atoms with Crippen LogP contribution < -0.4 is 9.47 Å². The fourth-order valence-corrected chi connectivity index (χ4v) is 3.23. The minimum atomic E-state index is -0.748. The lowest BCUT2D eigenvalue weighted by Gasteiger charge is -2.26. The Balaban J connectivity index is 1.65. The smallest absolute Gasteiger partial charge is 0.395 e. The maximum atomic E-state index is 12.0. The van der Waals surface area contributed by atoms with E-state index in [1.807, 2.05) is 48.7 Å². The van der Waals surface area contributed by atoms with Crippen LogP contribution in [-0.4, -0.2) is 12.4 Å². The maximum Gasteiger partial charge on any atom is 0.519 e. The van der Waals surface area contributed by atoms with E-state index in [2.05, 4.69) is 26.0 Å². The average Bonchev–Trinajstić information content (AvgIpc) is 2.69. The Hall–Kier alpha value is -2.72. The number of hydrogen-bond acceptors (Lipinski definition) is 4. The van der Waals surface area contributed by atoms with E-state index in [1.165, 1.54) is 5.56 Å². The predicted molar refractivity (Wildman–Crippen MR) is 110 cm³/mol. The Kier molecular flexibility index (Phi) is 5.87. The van der Waals surface area contributed by atoms with Crippen LogP contribution in [0.3, 0.4) is 0 Å². The highest BCUT2D eigenvalue weighted by Crippen LogP contribution is 2.32. The number of ether oxygens (including phenoxy) is 2. The SMILES string of the molecule is CSc1ccc(OC(=O)Oc2ccc(C(C)(C)c3ccccc3)cc2)cc1. The second-order valence-corrected chi connectivity index (χ2v) is 7.52. The Morgan fingerprint density at radius 2 is 1.22 bits per heavy atom. The minimum Gasteiger partial charge on any atom is -0.395 e. The van der Waals surface area contributed by atoms with Gasteiger partial charge in [0.25, 0.3) is 0 Å². The molecule has 0 atom stereocenters. The van der Waals surface area contributed by atoms with Gasteiger partial charge in [0.05, 0.1) is 0 Å². The fourth-order valence-electron chi connectivity index (χ4n) is 2.82. The molecule has 0 radical (unpaired) electrons. The molecule has 3 nitrogen and oxygen atoms in total. The first-order chi connectivity index (χ1) is 13.0. The van der Waals surface area contributed by atoms with E-state index in [1.54, 1.807) is 36.0 Å². The number of carbonyl (C=O) groups is 1. The zero-order valence-corrected chi connectivity index (χ0v) is 16.5. The normalized spacial score (nSPS) is 11.1. The van der Waals surface area contributed by atoms with Gasteiger partial charge in [0.2, 0.25) is 0 Å². The number of benzene rings is 3. The van der Waals surface area contributed by atoms with E-state index in [-0.39, 0.29) is 5.41 Å². The Morgan fingerprint density at radius 3 is 1.74 bits per heavy atom. The molecule has 0 heterocycles. The summed E-state index contributed by atoms with van der Waals surface area (Å²) in [5.41, 5.74) is 2.23. The summed E-state index contributed by atoms with van der Waals surface area (Å²) >= 11 is 1.63. The quantitative estimate of drug-likeness (QED) is 0.296. The molecule has 27 heavy (non-hydrogen) atoms. The third-order valence-electron chi connectivity index (χ3n) is 4.53. The lowest BCUT2D eigenvalue weighted by molar-refractivity contribution is 0.152. The third kappa shape index (κ3) is 4.72. The summed E-state index contributed by atoms with van der Waals surface area (Å²) in [5, 5.41) is 0. The molecular weight excluding hydrogens is 356 g/mol. The molecular formula is C23H22O3S. The topological polar surface area (TPSA) is 35.5 Å². The Morgan fingerprint density at radius 1 is 0.741 bits per heavy atom. The van der Waals surface area contributed by atoms with Gasteiger partial charge in [0, 0.05) is 10.3 Å². The van der Waals surface area contributed by atoms with Crippen LogP contribution in [0, 0.1) is 0 Å². The summed E-state index contributed by atoms with van der Waals surface area (Å²) in [7, 11) is 0. The highest BCUT2D eigenvalue weighted by molar-refractivity contribution is 7.98. The van der Waals surface area contributed by atoms with Crippen LogP contribution in [0.4, 0.5) is 4.79 Å². The van der Waals surface area contributed by atoms with Crippen LogP contribution in [-0.2, 0) is 5.41 Å². The van der Waals surface area contributed by atoms with E-state index in [0.717, 1.165) is 10.5 Å². The number of rotatable bonds is 5. The first-order valence-electron chi connectivity index (χ1n) is 8.69. The van der Waals surface area contributed by atoms with Gasteiger partial charge in [-0.05, 0) is 53.8 Å². The molecule has 0 amide bonds. The number of hydrogen-bond donors (Lipinski definition) is 0. The average molecular weight is 378 g/mol. The van der Waals surface area contributed by atoms with Gasteiger partial charge in [-0.1, -0.05) is 56.3 Å². The van der Waals surface area contributed by atoms with Gasteiger partial charge >= 0.3 is 6.16 Å². The van der Waals surface area contributed by atoms with E-state index < -0.39 is 6.16 Å². The van der Waals surface area contributed by atoms with Crippen molar-refractivity contribution >= 4 is 17.9 Å². The van der Waals surface area contributed by atoms with E-state index in [9.17, 15) is 4.79 Å². The second-order valence-electron chi connectivity index (χ2n) is 6.65. The van der Waals surface area contributed by atoms with Crippen molar-refractivity contribution in [2.75, 3.05) is 6.26 Å². The third-order valence-corrected chi connectivity index (χ3v) is 5.28.